The molecule has 0 fully saturated rings. The second kappa shape index (κ2) is 6.60. The van der Waals surface area contributed by atoms with Gasteiger partial charge in [0.05, 0.1) is 24.2 Å². The number of rotatable bonds is 7. The fraction of sp³-hybridized carbons (Fsp3) is 0.429. The minimum Gasteiger partial charge on any atom is -0.381 e. The van der Waals surface area contributed by atoms with Gasteiger partial charge in [0.2, 0.25) is 0 Å². The first-order chi connectivity index (χ1) is 9.71. The predicted molar refractivity (Wildman–Crippen MR) is 75.4 cm³/mol. The van der Waals surface area contributed by atoms with E-state index in [9.17, 15) is 5.11 Å². The molecule has 3 N–H and O–H groups in total. The summed E-state index contributed by atoms with van der Waals surface area (Å²) in [7, 11) is 1.56. The van der Waals surface area contributed by atoms with Gasteiger partial charge in [-0.15, -0.1) is 5.10 Å². The van der Waals surface area contributed by atoms with E-state index in [1.807, 2.05) is 30.3 Å². The van der Waals surface area contributed by atoms with Crippen molar-refractivity contribution >= 4 is 0 Å². The molecule has 0 aliphatic rings. The van der Waals surface area contributed by atoms with Gasteiger partial charge in [-0.2, -0.15) is 0 Å². The molecule has 6 nitrogen and oxygen atoms in total. The summed E-state index contributed by atoms with van der Waals surface area (Å²) in [6.45, 7) is 0.687. The fourth-order valence-electron chi connectivity index (χ4n) is 2.22. The summed E-state index contributed by atoms with van der Waals surface area (Å²) >= 11 is 0. The van der Waals surface area contributed by atoms with E-state index in [4.69, 9.17) is 10.5 Å². The van der Waals surface area contributed by atoms with Crippen molar-refractivity contribution in [3.05, 3.63) is 42.2 Å². The van der Waals surface area contributed by atoms with E-state index < -0.39 is 5.60 Å². The lowest BCUT2D eigenvalue weighted by molar-refractivity contribution is -0.0477. The molecule has 0 spiro atoms. The predicted octanol–water partition coefficient (Wildman–Crippen LogP) is 0.840. The normalized spacial score (nSPS) is 14.2. The summed E-state index contributed by atoms with van der Waals surface area (Å²) in [6.07, 6.45) is 2.76. The second-order valence-electron chi connectivity index (χ2n) is 4.72. The Bertz CT molecular complexity index is 529. The highest BCUT2D eigenvalue weighted by atomic mass is 16.5. The number of nitrogens with two attached hydrogens (primary N) is 1. The SMILES string of the molecule is COCC(O)(CCCN)c1cnnn1-c1ccccc1. The van der Waals surface area contributed by atoms with Crippen LogP contribution in [0.2, 0.25) is 0 Å². The molecular weight excluding hydrogens is 256 g/mol. The first kappa shape index (κ1) is 14.6. The molecule has 1 aromatic carbocycles. The van der Waals surface area contributed by atoms with Crippen molar-refractivity contribution in [3.63, 3.8) is 0 Å². The van der Waals surface area contributed by atoms with Crippen LogP contribution in [0, 0.1) is 0 Å². The summed E-state index contributed by atoms with van der Waals surface area (Å²) in [4.78, 5) is 0. The summed E-state index contributed by atoms with van der Waals surface area (Å²) < 4.78 is 6.79. The van der Waals surface area contributed by atoms with Crippen LogP contribution >= 0.6 is 0 Å². The number of methoxy groups -OCH3 is 1. The average Bonchev–Trinajstić information content (AvgIpc) is 2.96. The molecule has 20 heavy (non-hydrogen) atoms. The maximum absolute atomic E-state index is 10.9. The Balaban J connectivity index is 2.37. The Morgan fingerprint density at radius 2 is 2.10 bits per heavy atom. The zero-order valence-corrected chi connectivity index (χ0v) is 11.6. The zero-order valence-electron chi connectivity index (χ0n) is 11.6. The molecular formula is C14H20N4O2. The molecule has 0 amide bonds. The monoisotopic (exact) mass is 276 g/mol. The molecule has 0 aliphatic heterocycles. The number of para-hydroxylation sites is 1. The quantitative estimate of drug-likeness (QED) is 0.782. The minimum atomic E-state index is -1.15. The third-order valence-corrected chi connectivity index (χ3v) is 3.20. The van der Waals surface area contributed by atoms with Gasteiger partial charge in [0.15, 0.2) is 0 Å². The van der Waals surface area contributed by atoms with E-state index in [-0.39, 0.29) is 6.61 Å². The van der Waals surface area contributed by atoms with Crippen molar-refractivity contribution in [2.45, 2.75) is 18.4 Å². The van der Waals surface area contributed by atoms with Crippen LogP contribution in [-0.2, 0) is 10.3 Å². The number of aromatic nitrogens is 3. The third kappa shape index (κ3) is 3.04. The average molecular weight is 276 g/mol. The van der Waals surface area contributed by atoms with Gasteiger partial charge >= 0.3 is 0 Å². The topological polar surface area (TPSA) is 86.2 Å². The van der Waals surface area contributed by atoms with Crippen LogP contribution in [-0.4, -0.2) is 40.4 Å². The van der Waals surface area contributed by atoms with Gasteiger partial charge in [0.1, 0.15) is 5.60 Å². The van der Waals surface area contributed by atoms with Crippen molar-refractivity contribution in [3.8, 4) is 5.69 Å². The number of hydrogen-bond donors (Lipinski definition) is 2. The Morgan fingerprint density at radius 3 is 2.75 bits per heavy atom. The van der Waals surface area contributed by atoms with Crippen LogP contribution < -0.4 is 5.73 Å². The van der Waals surface area contributed by atoms with E-state index in [0.29, 0.717) is 25.1 Å². The van der Waals surface area contributed by atoms with Crippen molar-refractivity contribution in [2.75, 3.05) is 20.3 Å². The molecule has 1 heterocycles. The maximum Gasteiger partial charge on any atom is 0.131 e. The van der Waals surface area contributed by atoms with Crippen LogP contribution in [0.1, 0.15) is 18.5 Å². The van der Waals surface area contributed by atoms with Crippen LogP contribution in [0.5, 0.6) is 0 Å². The number of ether oxygens (including phenoxy) is 1. The Morgan fingerprint density at radius 1 is 1.35 bits per heavy atom. The molecule has 0 aliphatic carbocycles. The number of benzene rings is 1. The van der Waals surface area contributed by atoms with Crippen molar-refractivity contribution in [1.29, 1.82) is 0 Å². The number of nitrogens with zero attached hydrogens (tertiary/aromatic N) is 3. The third-order valence-electron chi connectivity index (χ3n) is 3.20. The van der Waals surface area contributed by atoms with Gasteiger partial charge in [-0.25, -0.2) is 4.68 Å². The summed E-state index contributed by atoms with van der Waals surface area (Å²) in [6, 6.07) is 9.57. The van der Waals surface area contributed by atoms with E-state index in [1.165, 1.54) is 0 Å². The molecule has 1 unspecified atom stereocenters. The van der Waals surface area contributed by atoms with Gasteiger partial charge in [-0.3, -0.25) is 0 Å². The molecule has 1 aromatic heterocycles. The highest BCUT2D eigenvalue weighted by molar-refractivity contribution is 5.33. The highest BCUT2D eigenvalue weighted by Gasteiger charge is 2.33. The van der Waals surface area contributed by atoms with Crippen LogP contribution in [0.4, 0.5) is 0 Å². The molecule has 0 radical (unpaired) electrons. The smallest absolute Gasteiger partial charge is 0.131 e. The molecule has 2 rings (SSSR count). The minimum absolute atomic E-state index is 0.174. The summed E-state index contributed by atoms with van der Waals surface area (Å²) in [5.74, 6) is 0. The largest absolute Gasteiger partial charge is 0.381 e. The molecule has 0 saturated carbocycles. The first-order valence-electron chi connectivity index (χ1n) is 6.59. The summed E-state index contributed by atoms with van der Waals surface area (Å²) in [5.41, 5.74) is 5.86. The lowest BCUT2D eigenvalue weighted by atomic mass is 9.94. The summed E-state index contributed by atoms with van der Waals surface area (Å²) in [5, 5.41) is 18.8. The van der Waals surface area contributed by atoms with Gasteiger partial charge in [-0.05, 0) is 31.5 Å². The highest BCUT2D eigenvalue weighted by Crippen LogP contribution is 2.27. The second-order valence-corrected chi connectivity index (χ2v) is 4.72. The van der Waals surface area contributed by atoms with Crippen LogP contribution in [0.25, 0.3) is 5.69 Å². The van der Waals surface area contributed by atoms with E-state index >= 15 is 0 Å². The lowest BCUT2D eigenvalue weighted by Gasteiger charge is -2.27. The van der Waals surface area contributed by atoms with E-state index in [1.54, 1.807) is 18.0 Å². The fourth-order valence-corrected chi connectivity index (χ4v) is 2.22. The van der Waals surface area contributed by atoms with Gasteiger partial charge in [0, 0.05) is 7.11 Å². The maximum atomic E-state index is 10.9. The van der Waals surface area contributed by atoms with Crippen LogP contribution in [0.15, 0.2) is 36.5 Å². The molecule has 6 heteroatoms. The molecule has 0 bridgehead atoms. The Hall–Kier alpha value is -1.76. The van der Waals surface area contributed by atoms with Crippen molar-refractivity contribution < 1.29 is 9.84 Å². The van der Waals surface area contributed by atoms with Gasteiger partial charge < -0.3 is 15.6 Å². The van der Waals surface area contributed by atoms with Gasteiger partial charge in [-0.1, -0.05) is 23.4 Å². The number of aliphatic hydroxyl groups is 1. The van der Waals surface area contributed by atoms with E-state index in [2.05, 4.69) is 10.3 Å². The Kier molecular flexibility index (Phi) is 4.84. The molecule has 108 valence electrons. The molecule has 0 saturated heterocycles. The van der Waals surface area contributed by atoms with E-state index in [0.717, 1.165) is 5.69 Å². The standard InChI is InChI=1S/C14H20N4O2/c1-20-11-14(19,8-5-9-15)13-10-16-17-18(13)12-6-3-2-4-7-12/h2-4,6-7,10,19H,5,8-9,11,15H2,1H3. The van der Waals surface area contributed by atoms with Crippen LogP contribution in [0.3, 0.4) is 0 Å². The molecule has 1 atom stereocenters. The van der Waals surface area contributed by atoms with Crippen molar-refractivity contribution in [2.24, 2.45) is 5.73 Å². The molecule has 2 aromatic rings. The lowest BCUT2D eigenvalue weighted by Crippen LogP contribution is -2.34. The number of hydrogen-bond acceptors (Lipinski definition) is 5. The Labute approximate surface area is 118 Å². The first-order valence-corrected chi connectivity index (χ1v) is 6.59. The zero-order chi connectivity index (χ0) is 14.4. The van der Waals surface area contributed by atoms with Gasteiger partial charge in [0.25, 0.3) is 0 Å². The van der Waals surface area contributed by atoms with Crippen molar-refractivity contribution in [1.82, 2.24) is 15.0 Å².